The van der Waals surface area contributed by atoms with Crippen LogP contribution in [0.25, 0.3) is 0 Å². The molecule has 7 rings (SSSR count). The third kappa shape index (κ3) is 2.30. The number of rotatable bonds is 4. The summed E-state index contributed by atoms with van der Waals surface area (Å²) in [6.07, 6.45) is 1.63. The number of ether oxygens (including phenoxy) is 3. The molecule has 31 heavy (non-hydrogen) atoms. The molecule has 1 aromatic carbocycles. The van der Waals surface area contributed by atoms with E-state index in [0.29, 0.717) is 24.6 Å². The highest BCUT2D eigenvalue weighted by molar-refractivity contribution is 6.08. The molecule has 0 N–H and O–H groups in total. The van der Waals surface area contributed by atoms with Crippen LogP contribution < -0.4 is 4.74 Å². The van der Waals surface area contributed by atoms with E-state index in [-0.39, 0.29) is 41.3 Å². The molecule has 7 heteroatoms. The van der Waals surface area contributed by atoms with E-state index >= 15 is 0 Å². The highest BCUT2D eigenvalue weighted by atomic mass is 16.5. The van der Waals surface area contributed by atoms with Gasteiger partial charge in [0.05, 0.1) is 36.6 Å². The Hall–Kier alpha value is -2.41. The lowest BCUT2D eigenvalue weighted by atomic mass is 9.62. The summed E-state index contributed by atoms with van der Waals surface area (Å²) in [5.74, 6) is 1.09. The van der Waals surface area contributed by atoms with E-state index in [1.807, 2.05) is 12.1 Å². The first-order valence-electron chi connectivity index (χ1n) is 11.2. The SMILES string of the molecule is COc1ccc2c(c1)[C@]13C[C@H]4[C@H]([C@H]5C[C@@H](C1=N2)N4[C@@H](C)[C@H]5COC(C)=O)[C@H]3OC(C)=O. The minimum absolute atomic E-state index is 0.210. The van der Waals surface area contributed by atoms with Crippen molar-refractivity contribution in [3.8, 4) is 5.75 Å². The largest absolute Gasteiger partial charge is 0.497 e. The third-order valence-corrected chi connectivity index (χ3v) is 8.65. The molecule has 1 unspecified atom stereocenters. The van der Waals surface area contributed by atoms with Gasteiger partial charge in [0.1, 0.15) is 11.9 Å². The third-order valence-electron chi connectivity index (χ3n) is 8.65. The number of nitrogens with zero attached hydrogens (tertiary/aromatic N) is 2. The van der Waals surface area contributed by atoms with Gasteiger partial charge in [-0.25, -0.2) is 0 Å². The molecular formula is C24H28N2O5. The zero-order chi connectivity index (χ0) is 21.7. The van der Waals surface area contributed by atoms with Crippen LogP contribution in [0.1, 0.15) is 39.2 Å². The van der Waals surface area contributed by atoms with E-state index in [0.717, 1.165) is 35.6 Å². The Labute approximate surface area is 181 Å². The quantitative estimate of drug-likeness (QED) is 0.692. The first kappa shape index (κ1) is 19.3. The molecule has 0 radical (unpaired) electrons. The van der Waals surface area contributed by atoms with E-state index in [1.165, 1.54) is 13.8 Å². The van der Waals surface area contributed by atoms with Gasteiger partial charge in [0, 0.05) is 37.8 Å². The zero-order valence-electron chi connectivity index (χ0n) is 18.3. The summed E-state index contributed by atoms with van der Waals surface area (Å²) < 4.78 is 17.2. The monoisotopic (exact) mass is 424 g/mol. The lowest BCUT2D eigenvalue weighted by Crippen LogP contribution is -2.70. The van der Waals surface area contributed by atoms with Crippen molar-refractivity contribution in [1.82, 2.24) is 4.90 Å². The lowest BCUT2D eigenvalue weighted by Gasteiger charge is -2.61. The van der Waals surface area contributed by atoms with Gasteiger partial charge in [-0.1, -0.05) is 0 Å². The van der Waals surface area contributed by atoms with E-state index in [4.69, 9.17) is 19.2 Å². The molecule has 4 saturated heterocycles. The Bertz CT molecular complexity index is 1020. The van der Waals surface area contributed by atoms with Crippen LogP contribution in [-0.2, 0) is 24.5 Å². The van der Waals surface area contributed by atoms with Crippen molar-refractivity contribution in [2.24, 2.45) is 22.7 Å². The molecule has 5 fully saturated rings. The van der Waals surface area contributed by atoms with Crippen LogP contribution in [0.15, 0.2) is 23.2 Å². The number of carbonyl (C=O) groups excluding carboxylic acids is 2. The zero-order valence-corrected chi connectivity index (χ0v) is 18.3. The van der Waals surface area contributed by atoms with Crippen LogP contribution in [0, 0.1) is 17.8 Å². The van der Waals surface area contributed by atoms with Gasteiger partial charge in [-0.15, -0.1) is 0 Å². The highest BCUT2D eigenvalue weighted by Gasteiger charge is 2.75. The average Bonchev–Trinajstić information content (AvgIpc) is 3.19. The standard InChI is InChI=1S/C24H28N2O5/c1-11-16(10-30-12(2)27)15-8-19-22-24(17-7-14(29-4)5-6-18(17)25-22)9-20(26(11)19)21(15)23(24)31-13(3)28/h5-7,11,15-16,19-21,23H,8-10H2,1-4H3/t11-,15-,16+,19-,20-,21-,23+,24+/m0/s1. The highest BCUT2D eigenvalue weighted by Crippen LogP contribution is 2.67. The van der Waals surface area contributed by atoms with Crippen molar-refractivity contribution >= 4 is 23.3 Å². The fourth-order valence-corrected chi connectivity index (χ4v) is 7.76. The second-order valence-corrected chi connectivity index (χ2v) is 9.80. The molecule has 9 atom stereocenters. The van der Waals surface area contributed by atoms with Crippen LogP contribution in [0.4, 0.5) is 5.69 Å². The smallest absolute Gasteiger partial charge is 0.302 e. The van der Waals surface area contributed by atoms with Crippen LogP contribution >= 0.6 is 0 Å². The maximum atomic E-state index is 12.3. The summed E-state index contributed by atoms with van der Waals surface area (Å²) in [6, 6.07) is 6.94. The molecule has 1 aliphatic carbocycles. The lowest BCUT2D eigenvalue weighted by molar-refractivity contribution is -0.165. The van der Waals surface area contributed by atoms with E-state index in [2.05, 4.69) is 17.9 Å². The number of hydrogen-bond donors (Lipinski definition) is 0. The topological polar surface area (TPSA) is 77.4 Å². The molecule has 5 aliphatic heterocycles. The van der Waals surface area contributed by atoms with Crippen LogP contribution in [-0.4, -0.2) is 60.5 Å². The maximum absolute atomic E-state index is 12.3. The van der Waals surface area contributed by atoms with Crippen LogP contribution in [0.5, 0.6) is 5.75 Å². The predicted octanol–water partition coefficient (Wildman–Crippen LogP) is 2.62. The molecule has 1 saturated carbocycles. The molecule has 1 aromatic rings. The van der Waals surface area contributed by atoms with Crippen molar-refractivity contribution in [1.29, 1.82) is 0 Å². The minimum atomic E-state index is -0.378. The Kier molecular flexibility index (Phi) is 3.93. The second-order valence-electron chi connectivity index (χ2n) is 9.80. The molecule has 0 aromatic heterocycles. The summed E-state index contributed by atoms with van der Waals surface area (Å²) in [5.41, 5.74) is 2.89. The molecule has 5 heterocycles. The molecular weight excluding hydrogens is 396 g/mol. The number of benzene rings is 1. The van der Waals surface area contributed by atoms with Gasteiger partial charge in [0.15, 0.2) is 0 Å². The summed E-state index contributed by atoms with van der Waals surface area (Å²) in [5, 5.41) is 0. The normalized spacial score (nSPS) is 42.6. The van der Waals surface area contributed by atoms with E-state index in [1.54, 1.807) is 7.11 Å². The van der Waals surface area contributed by atoms with Crippen LogP contribution in [0.3, 0.4) is 0 Å². The summed E-state index contributed by atoms with van der Waals surface area (Å²) in [4.78, 5) is 31.6. The number of piperidine rings is 4. The summed E-state index contributed by atoms with van der Waals surface area (Å²) in [7, 11) is 1.68. The van der Waals surface area contributed by atoms with Gasteiger partial charge in [0.2, 0.25) is 0 Å². The van der Waals surface area contributed by atoms with Gasteiger partial charge in [-0.05, 0) is 49.4 Å². The second kappa shape index (κ2) is 6.31. The van der Waals surface area contributed by atoms with Crippen molar-refractivity contribution in [2.45, 2.75) is 63.3 Å². The van der Waals surface area contributed by atoms with Crippen molar-refractivity contribution in [3.05, 3.63) is 23.8 Å². The fourth-order valence-electron chi connectivity index (χ4n) is 7.76. The van der Waals surface area contributed by atoms with Crippen LogP contribution in [0.2, 0.25) is 0 Å². The van der Waals surface area contributed by atoms with Crippen molar-refractivity contribution in [2.75, 3.05) is 13.7 Å². The van der Waals surface area contributed by atoms with Crippen molar-refractivity contribution in [3.63, 3.8) is 0 Å². The Morgan fingerprint density at radius 3 is 2.77 bits per heavy atom. The maximum Gasteiger partial charge on any atom is 0.302 e. The van der Waals surface area contributed by atoms with Gasteiger partial charge in [-0.2, -0.15) is 0 Å². The molecule has 6 aliphatic rings. The number of hydrogen-bond acceptors (Lipinski definition) is 7. The van der Waals surface area contributed by atoms with Gasteiger partial charge < -0.3 is 14.2 Å². The number of methoxy groups -OCH3 is 1. The van der Waals surface area contributed by atoms with Gasteiger partial charge >= 0.3 is 11.9 Å². The van der Waals surface area contributed by atoms with Gasteiger partial charge in [-0.3, -0.25) is 19.5 Å². The van der Waals surface area contributed by atoms with Gasteiger partial charge in [0.25, 0.3) is 0 Å². The summed E-state index contributed by atoms with van der Waals surface area (Å²) >= 11 is 0. The number of aliphatic imine (C=N–C) groups is 1. The Balaban J connectivity index is 1.50. The van der Waals surface area contributed by atoms with E-state index < -0.39 is 0 Å². The van der Waals surface area contributed by atoms with E-state index in [9.17, 15) is 9.59 Å². The molecule has 7 nitrogen and oxygen atoms in total. The Morgan fingerprint density at radius 1 is 1.26 bits per heavy atom. The molecule has 0 amide bonds. The predicted molar refractivity (Wildman–Crippen MR) is 113 cm³/mol. The Morgan fingerprint density at radius 2 is 2.06 bits per heavy atom. The molecule has 5 bridgehead atoms. The first-order chi connectivity index (χ1) is 14.9. The minimum Gasteiger partial charge on any atom is -0.497 e. The first-order valence-corrected chi connectivity index (χ1v) is 11.2. The fraction of sp³-hybridized carbons (Fsp3) is 0.625. The summed E-state index contributed by atoms with van der Waals surface area (Å²) in [6.45, 7) is 5.64. The molecule has 164 valence electrons. The molecule has 1 spiro atoms. The number of esters is 2. The number of fused-ring (bicyclic) bond motifs is 2. The van der Waals surface area contributed by atoms with Crippen molar-refractivity contribution < 1.29 is 23.8 Å². The number of carbonyl (C=O) groups is 2. The average molecular weight is 424 g/mol.